The van der Waals surface area contributed by atoms with Gasteiger partial charge in [0.25, 0.3) is 0 Å². The van der Waals surface area contributed by atoms with Gasteiger partial charge in [-0.15, -0.1) is 10.2 Å². The van der Waals surface area contributed by atoms with E-state index in [2.05, 4.69) is 15.4 Å². The Morgan fingerprint density at radius 2 is 2.25 bits per heavy atom. The van der Waals surface area contributed by atoms with Gasteiger partial charge in [-0.3, -0.25) is 0 Å². The SMILES string of the molecule is C[C@@]1(O)[C@@H](O)[C@@H](CO)O[C@H]1n1ccc2c(N)nnnc21. The summed E-state index contributed by atoms with van der Waals surface area (Å²) in [4.78, 5) is 0. The first-order chi connectivity index (χ1) is 9.46. The third kappa shape index (κ3) is 1.68. The second-order valence-corrected chi connectivity index (χ2v) is 5.02. The molecule has 0 aromatic carbocycles. The normalized spacial score (nSPS) is 33.9. The highest BCUT2D eigenvalue weighted by Crippen LogP contribution is 2.39. The third-order valence-electron chi connectivity index (χ3n) is 3.64. The van der Waals surface area contributed by atoms with Gasteiger partial charge in [0.2, 0.25) is 0 Å². The molecule has 1 fully saturated rings. The maximum absolute atomic E-state index is 10.4. The lowest BCUT2D eigenvalue weighted by atomic mass is 9.96. The smallest absolute Gasteiger partial charge is 0.170 e. The molecule has 2 aromatic heterocycles. The number of hydrogen-bond acceptors (Lipinski definition) is 8. The van der Waals surface area contributed by atoms with Crippen molar-refractivity contribution in [3.8, 4) is 0 Å². The van der Waals surface area contributed by atoms with Gasteiger partial charge in [0.1, 0.15) is 17.8 Å². The van der Waals surface area contributed by atoms with Crippen LogP contribution in [0, 0.1) is 0 Å². The molecule has 1 aliphatic rings. The van der Waals surface area contributed by atoms with Crippen LogP contribution in [0.1, 0.15) is 13.2 Å². The van der Waals surface area contributed by atoms with E-state index >= 15 is 0 Å². The molecule has 3 rings (SSSR count). The van der Waals surface area contributed by atoms with Crippen molar-refractivity contribution in [2.75, 3.05) is 12.3 Å². The molecule has 3 heterocycles. The van der Waals surface area contributed by atoms with E-state index in [0.29, 0.717) is 11.0 Å². The van der Waals surface area contributed by atoms with E-state index in [1.165, 1.54) is 11.5 Å². The average Bonchev–Trinajstić information content (AvgIpc) is 2.92. The first-order valence-electron chi connectivity index (χ1n) is 6.09. The fraction of sp³-hybridized carbons (Fsp3) is 0.545. The maximum Gasteiger partial charge on any atom is 0.170 e. The summed E-state index contributed by atoms with van der Waals surface area (Å²) in [5, 5.41) is 41.2. The van der Waals surface area contributed by atoms with Crippen LogP contribution in [0.15, 0.2) is 12.3 Å². The summed E-state index contributed by atoms with van der Waals surface area (Å²) in [6.07, 6.45) is -1.40. The molecule has 108 valence electrons. The van der Waals surface area contributed by atoms with Crippen molar-refractivity contribution in [2.45, 2.75) is 31.0 Å². The molecular weight excluding hydrogens is 266 g/mol. The Balaban J connectivity index is 2.10. The largest absolute Gasteiger partial charge is 0.394 e. The molecule has 0 saturated carbocycles. The van der Waals surface area contributed by atoms with Crippen LogP contribution in [0.2, 0.25) is 0 Å². The zero-order chi connectivity index (χ0) is 14.5. The molecule has 2 aromatic rings. The van der Waals surface area contributed by atoms with Gasteiger partial charge in [0.05, 0.1) is 12.0 Å². The van der Waals surface area contributed by atoms with Crippen LogP contribution < -0.4 is 5.73 Å². The molecule has 0 radical (unpaired) electrons. The van der Waals surface area contributed by atoms with E-state index in [1.54, 1.807) is 12.3 Å². The van der Waals surface area contributed by atoms with Gasteiger partial charge >= 0.3 is 0 Å². The van der Waals surface area contributed by atoms with Gasteiger partial charge in [0, 0.05) is 6.20 Å². The van der Waals surface area contributed by atoms with Crippen LogP contribution in [0.5, 0.6) is 0 Å². The van der Waals surface area contributed by atoms with E-state index in [-0.39, 0.29) is 5.82 Å². The van der Waals surface area contributed by atoms with E-state index in [4.69, 9.17) is 10.5 Å². The summed E-state index contributed by atoms with van der Waals surface area (Å²) in [5.74, 6) is 0.214. The Labute approximate surface area is 113 Å². The first-order valence-corrected chi connectivity index (χ1v) is 6.09. The minimum atomic E-state index is -1.58. The lowest BCUT2D eigenvalue weighted by molar-refractivity contribution is -0.0948. The number of rotatable bonds is 2. The number of anilines is 1. The lowest BCUT2D eigenvalue weighted by Crippen LogP contribution is -2.44. The zero-order valence-electron chi connectivity index (χ0n) is 10.7. The van der Waals surface area contributed by atoms with Crippen molar-refractivity contribution >= 4 is 16.9 Å². The minimum absolute atomic E-state index is 0.214. The highest BCUT2D eigenvalue weighted by atomic mass is 16.6. The number of aromatic nitrogens is 4. The maximum atomic E-state index is 10.4. The summed E-state index contributed by atoms with van der Waals surface area (Å²) in [6.45, 7) is 1.03. The second-order valence-electron chi connectivity index (χ2n) is 5.02. The molecule has 20 heavy (non-hydrogen) atoms. The average molecular weight is 281 g/mol. The van der Waals surface area contributed by atoms with E-state index in [0.717, 1.165) is 0 Å². The fourth-order valence-electron chi connectivity index (χ4n) is 2.49. The molecule has 1 aliphatic heterocycles. The molecule has 0 amide bonds. The van der Waals surface area contributed by atoms with Gasteiger partial charge in [-0.05, 0) is 18.2 Å². The highest BCUT2D eigenvalue weighted by Gasteiger charge is 2.53. The number of hydrogen-bond donors (Lipinski definition) is 4. The Morgan fingerprint density at radius 3 is 2.90 bits per heavy atom. The number of nitrogen functional groups attached to an aromatic ring is 1. The number of aliphatic hydroxyl groups excluding tert-OH is 2. The van der Waals surface area contributed by atoms with Crippen molar-refractivity contribution in [1.82, 2.24) is 20.0 Å². The van der Waals surface area contributed by atoms with Crippen LogP contribution in [-0.2, 0) is 4.74 Å². The summed E-state index contributed by atoms with van der Waals surface area (Å²) in [5.41, 5.74) is 4.50. The predicted molar refractivity (Wildman–Crippen MR) is 67.4 cm³/mol. The second kappa shape index (κ2) is 4.35. The van der Waals surface area contributed by atoms with Crippen LogP contribution in [0.4, 0.5) is 5.82 Å². The van der Waals surface area contributed by atoms with E-state index < -0.39 is 30.6 Å². The number of nitrogens with zero attached hydrogens (tertiary/aromatic N) is 4. The van der Waals surface area contributed by atoms with Crippen LogP contribution >= 0.6 is 0 Å². The predicted octanol–water partition coefficient (Wildman–Crippen LogP) is -1.59. The summed E-state index contributed by atoms with van der Waals surface area (Å²) in [6, 6.07) is 1.67. The molecule has 0 spiro atoms. The first kappa shape index (κ1) is 13.2. The Bertz CT molecular complexity index is 643. The van der Waals surface area contributed by atoms with Crippen LogP contribution in [0.3, 0.4) is 0 Å². The number of fused-ring (bicyclic) bond motifs is 1. The summed E-state index contributed by atoms with van der Waals surface area (Å²) >= 11 is 0. The molecule has 0 bridgehead atoms. The monoisotopic (exact) mass is 281 g/mol. The minimum Gasteiger partial charge on any atom is -0.394 e. The fourth-order valence-corrected chi connectivity index (χ4v) is 2.49. The zero-order valence-corrected chi connectivity index (χ0v) is 10.7. The van der Waals surface area contributed by atoms with Crippen molar-refractivity contribution in [3.05, 3.63) is 12.3 Å². The number of nitrogens with two attached hydrogens (primary N) is 1. The van der Waals surface area contributed by atoms with Crippen molar-refractivity contribution in [1.29, 1.82) is 0 Å². The standard InChI is InChI=1S/C11H15N5O4/c1-11(19)7(18)6(4-17)20-10(11)16-3-2-5-8(12)13-15-14-9(5)16/h2-3,6-7,10,17-19H,4H2,1H3,(H2,12,13,14)/t6-,7+,10-,11-/m1/s1. The van der Waals surface area contributed by atoms with Gasteiger partial charge < -0.3 is 30.4 Å². The molecule has 0 unspecified atom stereocenters. The van der Waals surface area contributed by atoms with Crippen LogP contribution in [-0.4, -0.2) is 59.7 Å². The van der Waals surface area contributed by atoms with Crippen molar-refractivity contribution < 1.29 is 20.1 Å². The van der Waals surface area contributed by atoms with Crippen LogP contribution in [0.25, 0.3) is 11.0 Å². The Kier molecular flexibility index (Phi) is 2.87. The molecule has 0 aliphatic carbocycles. The molecular formula is C11H15N5O4. The van der Waals surface area contributed by atoms with Crippen molar-refractivity contribution in [2.24, 2.45) is 0 Å². The van der Waals surface area contributed by atoms with Gasteiger partial charge in [-0.25, -0.2) is 0 Å². The topological polar surface area (TPSA) is 140 Å². The number of aliphatic hydroxyl groups is 3. The summed E-state index contributed by atoms with van der Waals surface area (Å²) in [7, 11) is 0. The van der Waals surface area contributed by atoms with Gasteiger partial charge in [-0.1, -0.05) is 0 Å². The van der Waals surface area contributed by atoms with Gasteiger partial charge in [-0.2, -0.15) is 0 Å². The Hall–Kier alpha value is -1.81. The molecule has 9 nitrogen and oxygen atoms in total. The molecule has 1 saturated heterocycles. The lowest BCUT2D eigenvalue weighted by Gasteiger charge is -2.27. The number of ether oxygens (including phenoxy) is 1. The quantitative estimate of drug-likeness (QED) is 0.516. The Morgan fingerprint density at radius 1 is 1.50 bits per heavy atom. The van der Waals surface area contributed by atoms with Gasteiger partial charge in [0.15, 0.2) is 17.7 Å². The summed E-state index contributed by atoms with van der Waals surface area (Å²) < 4.78 is 7.03. The van der Waals surface area contributed by atoms with Crippen molar-refractivity contribution in [3.63, 3.8) is 0 Å². The molecule has 9 heteroatoms. The van der Waals surface area contributed by atoms with E-state index in [9.17, 15) is 15.3 Å². The third-order valence-corrected chi connectivity index (χ3v) is 3.64. The molecule has 5 N–H and O–H groups in total. The molecule has 4 atom stereocenters. The highest BCUT2D eigenvalue weighted by molar-refractivity contribution is 5.85. The van der Waals surface area contributed by atoms with E-state index in [1.807, 2.05) is 0 Å².